The van der Waals surface area contributed by atoms with E-state index in [1.165, 1.54) is 56.5 Å². The summed E-state index contributed by atoms with van der Waals surface area (Å²) in [6, 6.07) is 0.764. The van der Waals surface area contributed by atoms with Gasteiger partial charge in [0.2, 0.25) is 0 Å². The van der Waals surface area contributed by atoms with E-state index in [9.17, 15) is 0 Å². The molecule has 1 fully saturated rings. The Morgan fingerprint density at radius 3 is 2.81 bits per heavy atom. The van der Waals surface area contributed by atoms with E-state index in [1.54, 1.807) is 0 Å². The molecule has 0 bridgehead atoms. The first-order valence-corrected chi connectivity index (χ1v) is 10.6. The molecule has 1 unspecified atom stereocenters. The second-order valence-corrected chi connectivity index (χ2v) is 8.29. The Morgan fingerprint density at radius 2 is 2.15 bits per heavy atom. The number of nitrogens with zero attached hydrogens (tertiary/aromatic N) is 5. The summed E-state index contributed by atoms with van der Waals surface area (Å²) < 4.78 is 1.91. The van der Waals surface area contributed by atoms with E-state index in [2.05, 4.69) is 59.2 Å². The fourth-order valence-electron chi connectivity index (χ4n) is 4.01. The molecule has 0 aliphatic carbocycles. The number of aliphatic imine (C=N–C) groups is 1. The average Bonchev–Trinajstić information content (AvgIpc) is 3.00. The van der Waals surface area contributed by atoms with Crippen molar-refractivity contribution in [2.75, 3.05) is 33.7 Å². The van der Waals surface area contributed by atoms with Gasteiger partial charge in [0, 0.05) is 52.0 Å². The van der Waals surface area contributed by atoms with Crippen LogP contribution in [0.5, 0.6) is 0 Å². The van der Waals surface area contributed by atoms with Crippen LogP contribution in [0.3, 0.4) is 0 Å². The van der Waals surface area contributed by atoms with E-state index in [0.29, 0.717) is 5.92 Å². The van der Waals surface area contributed by atoms with E-state index in [0.717, 1.165) is 25.1 Å². The minimum Gasteiger partial charge on any atom is -0.356 e. The van der Waals surface area contributed by atoms with Gasteiger partial charge in [-0.15, -0.1) is 0 Å². The largest absolute Gasteiger partial charge is 0.356 e. The van der Waals surface area contributed by atoms with E-state index >= 15 is 0 Å². The molecule has 27 heavy (non-hydrogen) atoms. The van der Waals surface area contributed by atoms with Crippen molar-refractivity contribution in [3.63, 3.8) is 0 Å². The zero-order valence-corrected chi connectivity index (χ0v) is 18.3. The number of hydrogen-bond acceptors (Lipinski definition) is 3. The van der Waals surface area contributed by atoms with Crippen LogP contribution < -0.4 is 5.32 Å². The average molecular weight is 377 g/mol. The van der Waals surface area contributed by atoms with E-state index in [4.69, 9.17) is 0 Å². The summed E-state index contributed by atoms with van der Waals surface area (Å²) in [7, 11) is 5.95. The van der Waals surface area contributed by atoms with Crippen molar-refractivity contribution in [3.8, 4) is 0 Å². The number of hydrogen-bond donors (Lipinski definition) is 1. The number of aromatic nitrogens is 2. The van der Waals surface area contributed by atoms with Crippen molar-refractivity contribution < 1.29 is 0 Å². The summed E-state index contributed by atoms with van der Waals surface area (Å²) in [5.74, 6) is 1.39. The number of aryl methyl sites for hydroxylation is 1. The molecule has 0 amide bonds. The van der Waals surface area contributed by atoms with Crippen molar-refractivity contribution in [2.24, 2.45) is 12.0 Å². The van der Waals surface area contributed by atoms with Gasteiger partial charge in [-0.1, -0.05) is 20.3 Å². The maximum absolute atomic E-state index is 4.61. The fourth-order valence-corrected chi connectivity index (χ4v) is 4.01. The van der Waals surface area contributed by atoms with Crippen LogP contribution >= 0.6 is 0 Å². The number of unbranched alkanes of at least 4 members (excludes halogenated alkanes) is 1. The molecule has 0 radical (unpaired) electrons. The molecule has 1 atom stereocenters. The van der Waals surface area contributed by atoms with Crippen molar-refractivity contribution in [3.05, 3.63) is 17.5 Å². The lowest BCUT2D eigenvalue weighted by molar-refractivity contribution is 0.158. The third kappa shape index (κ3) is 6.52. The van der Waals surface area contributed by atoms with Gasteiger partial charge in [-0.05, 0) is 51.6 Å². The summed E-state index contributed by atoms with van der Waals surface area (Å²) in [6.45, 7) is 11.1. The molecule has 6 heteroatoms. The molecule has 1 aliphatic heterocycles. The highest BCUT2D eigenvalue weighted by Gasteiger charge is 2.17. The van der Waals surface area contributed by atoms with Gasteiger partial charge in [0.15, 0.2) is 5.96 Å². The first-order valence-electron chi connectivity index (χ1n) is 10.6. The Hall–Kier alpha value is -1.56. The molecule has 0 spiro atoms. The molecule has 1 aromatic rings. The van der Waals surface area contributed by atoms with E-state index in [1.807, 2.05) is 18.8 Å². The van der Waals surface area contributed by atoms with Crippen LogP contribution in [-0.4, -0.2) is 65.3 Å². The molecule has 2 rings (SSSR count). The number of likely N-dealkylation sites (tertiary alicyclic amines) is 1. The minimum absolute atomic E-state index is 0.432. The first kappa shape index (κ1) is 21.7. The molecule has 1 aromatic heterocycles. The Bertz CT molecular complexity index is 591. The van der Waals surface area contributed by atoms with Crippen molar-refractivity contribution >= 4 is 5.96 Å². The maximum atomic E-state index is 4.61. The summed E-state index contributed by atoms with van der Waals surface area (Å²) in [5.41, 5.74) is 2.45. The van der Waals surface area contributed by atoms with Crippen LogP contribution in [0.1, 0.15) is 70.1 Å². The van der Waals surface area contributed by atoms with Gasteiger partial charge in [-0.3, -0.25) is 9.67 Å². The predicted octanol–water partition coefficient (Wildman–Crippen LogP) is 3.21. The van der Waals surface area contributed by atoms with Gasteiger partial charge in [-0.2, -0.15) is 5.10 Å². The molecule has 154 valence electrons. The maximum Gasteiger partial charge on any atom is 0.193 e. The molecule has 0 aromatic carbocycles. The standard InChI is InChI=1S/C21H40N6/c1-17(2)20-19(16-26(6)24-20)15-25(5)21(22-4)23-12-8-10-14-27-13-9-7-11-18(27)3/h16-18H,7-15H2,1-6H3,(H,22,23). The zero-order valence-electron chi connectivity index (χ0n) is 18.3. The van der Waals surface area contributed by atoms with Gasteiger partial charge in [0.1, 0.15) is 0 Å². The summed E-state index contributed by atoms with van der Waals surface area (Å²) in [5, 5.41) is 8.13. The molecular weight excluding hydrogens is 336 g/mol. The predicted molar refractivity (Wildman–Crippen MR) is 114 cm³/mol. The first-order chi connectivity index (χ1) is 12.9. The Morgan fingerprint density at radius 1 is 1.37 bits per heavy atom. The van der Waals surface area contributed by atoms with Gasteiger partial charge >= 0.3 is 0 Å². The van der Waals surface area contributed by atoms with Crippen LogP contribution in [0.15, 0.2) is 11.2 Å². The normalized spacial score (nSPS) is 18.9. The summed E-state index contributed by atoms with van der Waals surface area (Å²) in [4.78, 5) is 9.30. The smallest absolute Gasteiger partial charge is 0.193 e. The highest BCUT2D eigenvalue weighted by atomic mass is 15.3. The van der Waals surface area contributed by atoms with Gasteiger partial charge < -0.3 is 15.1 Å². The van der Waals surface area contributed by atoms with Crippen LogP contribution in [0.4, 0.5) is 0 Å². The minimum atomic E-state index is 0.432. The van der Waals surface area contributed by atoms with Crippen LogP contribution in [0, 0.1) is 0 Å². The molecule has 0 saturated carbocycles. The van der Waals surface area contributed by atoms with Crippen LogP contribution in [-0.2, 0) is 13.6 Å². The third-order valence-corrected chi connectivity index (χ3v) is 5.56. The number of guanidine groups is 1. The lowest BCUT2D eigenvalue weighted by Crippen LogP contribution is -2.40. The lowest BCUT2D eigenvalue weighted by Gasteiger charge is -2.33. The Labute approximate surface area is 166 Å². The SMILES string of the molecule is CN=C(NCCCCN1CCCCC1C)N(C)Cc1cn(C)nc1C(C)C. The Kier molecular flexibility index (Phi) is 8.61. The molecular formula is C21H40N6. The van der Waals surface area contributed by atoms with Crippen molar-refractivity contribution in [2.45, 2.75) is 71.4 Å². The summed E-state index contributed by atoms with van der Waals surface area (Å²) >= 11 is 0. The molecule has 6 nitrogen and oxygen atoms in total. The summed E-state index contributed by atoms with van der Waals surface area (Å²) in [6.07, 6.45) is 8.68. The zero-order chi connectivity index (χ0) is 19.8. The molecule has 2 heterocycles. The monoisotopic (exact) mass is 376 g/mol. The molecule has 1 N–H and O–H groups in total. The number of piperidine rings is 1. The van der Waals surface area contributed by atoms with Crippen molar-refractivity contribution in [1.29, 1.82) is 0 Å². The lowest BCUT2D eigenvalue weighted by atomic mass is 10.0. The fraction of sp³-hybridized carbons (Fsp3) is 0.810. The Balaban J connectivity index is 1.74. The highest BCUT2D eigenvalue weighted by molar-refractivity contribution is 5.79. The second-order valence-electron chi connectivity index (χ2n) is 8.29. The van der Waals surface area contributed by atoms with Gasteiger partial charge in [0.25, 0.3) is 0 Å². The number of nitrogens with one attached hydrogen (secondary N) is 1. The van der Waals surface area contributed by atoms with Gasteiger partial charge in [0.05, 0.1) is 5.69 Å². The van der Waals surface area contributed by atoms with Crippen molar-refractivity contribution in [1.82, 2.24) is 24.9 Å². The van der Waals surface area contributed by atoms with E-state index in [-0.39, 0.29) is 0 Å². The molecule has 1 saturated heterocycles. The quantitative estimate of drug-likeness (QED) is 0.430. The topological polar surface area (TPSA) is 48.7 Å². The number of rotatable bonds is 8. The van der Waals surface area contributed by atoms with Gasteiger partial charge in [-0.25, -0.2) is 0 Å². The third-order valence-electron chi connectivity index (χ3n) is 5.56. The highest BCUT2D eigenvalue weighted by Crippen LogP contribution is 2.19. The van der Waals surface area contributed by atoms with E-state index < -0.39 is 0 Å². The van der Waals surface area contributed by atoms with Crippen LogP contribution in [0.2, 0.25) is 0 Å². The molecule has 1 aliphatic rings. The van der Waals surface area contributed by atoms with Crippen LogP contribution in [0.25, 0.3) is 0 Å². The second kappa shape index (κ2) is 10.7.